The molecule has 10 heteroatoms. The highest BCUT2D eigenvalue weighted by Gasteiger charge is 2.43. The maximum Gasteiger partial charge on any atom is 0.327 e. The fraction of sp³-hybridized carbons (Fsp3) is 0.400. The van der Waals surface area contributed by atoms with Gasteiger partial charge in [-0.05, 0) is 6.92 Å². The van der Waals surface area contributed by atoms with Crippen molar-refractivity contribution in [2.45, 2.75) is 12.4 Å². The van der Waals surface area contributed by atoms with Crippen LogP contribution in [0.5, 0.6) is 0 Å². The minimum Gasteiger partial charge on any atom is -0.258 e. The molecule has 82 valence electrons. The highest BCUT2D eigenvalue weighted by atomic mass is 35.5. The first-order valence-corrected chi connectivity index (χ1v) is 4.34. The molecule has 15 heavy (non-hydrogen) atoms. The maximum absolute atomic E-state index is 10.5. The number of hydrogen-bond acceptors (Lipinski definition) is 5. The van der Waals surface area contributed by atoms with E-state index in [4.69, 9.17) is 23.2 Å². The predicted molar refractivity (Wildman–Crippen MR) is 51.5 cm³/mol. The molecule has 0 spiro atoms. The Hall–Kier alpha value is -1.41. The van der Waals surface area contributed by atoms with E-state index >= 15 is 0 Å². The molecule has 0 saturated heterocycles. The van der Waals surface area contributed by atoms with Crippen LogP contribution in [0.1, 0.15) is 6.92 Å². The smallest absolute Gasteiger partial charge is 0.258 e. The molecule has 1 aliphatic heterocycles. The van der Waals surface area contributed by atoms with Crippen molar-refractivity contribution in [3.63, 3.8) is 0 Å². The Kier molecular flexibility index (Phi) is 3.10. The van der Waals surface area contributed by atoms with Crippen LogP contribution in [-0.4, -0.2) is 26.3 Å². The molecule has 0 amide bonds. The van der Waals surface area contributed by atoms with Gasteiger partial charge in [-0.2, -0.15) is 0 Å². The van der Waals surface area contributed by atoms with Crippen molar-refractivity contribution in [3.05, 3.63) is 31.1 Å². The molecule has 1 rings (SSSR count). The van der Waals surface area contributed by atoms with Crippen LogP contribution < -0.4 is 0 Å². The van der Waals surface area contributed by atoms with Gasteiger partial charge in [0.05, 0.1) is 4.92 Å². The van der Waals surface area contributed by atoms with Crippen LogP contribution in [0, 0.1) is 20.2 Å². The molecule has 0 aromatic carbocycles. The SMILES string of the molecule is CC1=NC(Cl)=C([N+](=O)[O-])C(Cl)N1[N+](=O)[O-]. The zero-order valence-electron chi connectivity index (χ0n) is 7.26. The van der Waals surface area contributed by atoms with Crippen LogP contribution in [-0.2, 0) is 0 Å². The quantitative estimate of drug-likeness (QED) is 0.319. The van der Waals surface area contributed by atoms with Crippen molar-refractivity contribution in [2.75, 3.05) is 0 Å². The van der Waals surface area contributed by atoms with Gasteiger partial charge in [0.25, 0.3) is 5.50 Å². The van der Waals surface area contributed by atoms with Crippen molar-refractivity contribution >= 4 is 29.0 Å². The lowest BCUT2D eigenvalue weighted by molar-refractivity contribution is -0.636. The number of nitro groups is 2. The van der Waals surface area contributed by atoms with E-state index in [9.17, 15) is 20.2 Å². The highest BCUT2D eigenvalue weighted by Crippen LogP contribution is 2.27. The first kappa shape index (κ1) is 11.7. The number of aliphatic imine (C=N–C) groups is 1. The monoisotopic (exact) mass is 254 g/mol. The summed E-state index contributed by atoms with van der Waals surface area (Å²) in [5, 5.41) is 20.1. The van der Waals surface area contributed by atoms with Crippen molar-refractivity contribution in [2.24, 2.45) is 4.99 Å². The minimum absolute atomic E-state index is 0.115. The number of nitrogens with zero attached hydrogens (tertiary/aromatic N) is 4. The van der Waals surface area contributed by atoms with E-state index in [2.05, 4.69) is 4.99 Å². The number of amidine groups is 1. The number of rotatable bonds is 2. The van der Waals surface area contributed by atoms with E-state index in [1.807, 2.05) is 0 Å². The van der Waals surface area contributed by atoms with Crippen LogP contribution >= 0.6 is 23.2 Å². The fourth-order valence-electron chi connectivity index (χ4n) is 0.992. The molecule has 1 atom stereocenters. The summed E-state index contributed by atoms with van der Waals surface area (Å²) in [6, 6.07) is 0. The van der Waals surface area contributed by atoms with Crippen LogP contribution in [0.25, 0.3) is 0 Å². The topological polar surface area (TPSA) is 102 Å². The summed E-state index contributed by atoms with van der Waals surface area (Å²) in [5.41, 5.74) is -2.28. The predicted octanol–water partition coefficient (Wildman–Crippen LogP) is 1.16. The molecule has 1 aliphatic rings. The molecular formula is C5H4Cl2N4O4. The molecule has 0 fully saturated rings. The number of halogens is 2. The van der Waals surface area contributed by atoms with Gasteiger partial charge in [0.1, 0.15) is 0 Å². The van der Waals surface area contributed by atoms with Gasteiger partial charge < -0.3 is 0 Å². The Labute approximate surface area is 93.0 Å². The molecule has 0 aliphatic carbocycles. The molecule has 0 N–H and O–H groups in total. The summed E-state index contributed by atoms with van der Waals surface area (Å²) in [6.45, 7) is 1.28. The van der Waals surface area contributed by atoms with E-state index in [1.165, 1.54) is 6.92 Å². The van der Waals surface area contributed by atoms with E-state index in [0.29, 0.717) is 5.01 Å². The normalized spacial score (nSPS) is 21.4. The third-order valence-corrected chi connectivity index (χ3v) is 2.29. The van der Waals surface area contributed by atoms with Crippen LogP contribution in [0.2, 0.25) is 0 Å². The number of hydrazine groups is 1. The van der Waals surface area contributed by atoms with E-state index in [0.717, 1.165) is 0 Å². The average Bonchev–Trinajstić information content (AvgIpc) is 1.99. The molecular weight excluding hydrogens is 251 g/mol. The lowest BCUT2D eigenvalue weighted by atomic mass is 10.4. The Bertz CT molecular complexity index is 392. The molecule has 0 bridgehead atoms. The average molecular weight is 255 g/mol. The summed E-state index contributed by atoms with van der Waals surface area (Å²) < 4.78 is 0. The minimum atomic E-state index is -1.57. The second-order valence-electron chi connectivity index (χ2n) is 2.51. The molecule has 0 saturated carbocycles. The largest absolute Gasteiger partial charge is 0.327 e. The molecule has 1 unspecified atom stereocenters. The Morgan fingerprint density at radius 3 is 2.40 bits per heavy atom. The van der Waals surface area contributed by atoms with Crippen molar-refractivity contribution < 1.29 is 9.96 Å². The van der Waals surface area contributed by atoms with Gasteiger partial charge in [-0.1, -0.05) is 28.2 Å². The summed E-state index contributed by atoms with van der Waals surface area (Å²) in [7, 11) is 0. The third kappa shape index (κ3) is 2.00. The van der Waals surface area contributed by atoms with E-state index in [1.54, 1.807) is 0 Å². The molecule has 0 aromatic rings. The standard InChI is InChI=1S/C5H4Cl2N4O4/c1-2-8-4(6)3(10(12)13)5(7)9(2)11(14)15/h5H,1H3. The summed E-state index contributed by atoms with van der Waals surface area (Å²) in [4.78, 5) is 23.6. The van der Waals surface area contributed by atoms with Gasteiger partial charge in [-0.3, -0.25) is 10.1 Å². The number of alkyl halides is 1. The van der Waals surface area contributed by atoms with E-state index in [-0.39, 0.29) is 5.84 Å². The van der Waals surface area contributed by atoms with Gasteiger partial charge in [0, 0.05) is 0 Å². The second kappa shape index (κ2) is 3.99. The second-order valence-corrected chi connectivity index (χ2v) is 3.28. The summed E-state index contributed by atoms with van der Waals surface area (Å²) in [5.74, 6) is -0.115. The zero-order chi connectivity index (χ0) is 11.7. The molecule has 0 aromatic heterocycles. The fourth-order valence-corrected chi connectivity index (χ4v) is 1.74. The summed E-state index contributed by atoms with van der Waals surface area (Å²) >= 11 is 11.0. The maximum atomic E-state index is 10.5. The van der Waals surface area contributed by atoms with Gasteiger partial charge in [-0.25, -0.2) is 15.1 Å². The van der Waals surface area contributed by atoms with Crippen LogP contribution in [0.4, 0.5) is 0 Å². The third-order valence-electron chi connectivity index (χ3n) is 1.62. The lowest BCUT2D eigenvalue weighted by Crippen LogP contribution is -2.44. The Morgan fingerprint density at radius 2 is 2.00 bits per heavy atom. The summed E-state index contributed by atoms with van der Waals surface area (Å²) in [6.07, 6.45) is 0. The van der Waals surface area contributed by atoms with E-state index < -0.39 is 26.3 Å². The van der Waals surface area contributed by atoms with Gasteiger partial charge in [0.2, 0.25) is 5.16 Å². The van der Waals surface area contributed by atoms with Gasteiger partial charge in [-0.15, -0.1) is 0 Å². The lowest BCUT2D eigenvalue weighted by Gasteiger charge is -2.20. The number of hydrogen-bond donors (Lipinski definition) is 0. The van der Waals surface area contributed by atoms with Crippen molar-refractivity contribution in [1.29, 1.82) is 0 Å². The zero-order valence-corrected chi connectivity index (χ0v) is 8.77. The first-order valence-electron chi connectivity index (χ1n) is 3.53. The first-order chi connectivity index (χ1) is 6.86. The van der Waals surface area contributed by atoms with Gasteiger partial charge in [0.15, 0.2) is 10.9 Å². The Balaban J connectivity index is 3.24. The highest BCUT2D eigenvalue weighted by molar-refractivity contribution is 6.32. The Morgan fingerprint density at radius 1 is 1.47 bits per heavy atom. The van der Waals surface area contributed by atoms with Crippen LogP contribution in [0.3, 0.4) is 0 Å². The molecule has 1 heterocycles. The van der Waals surface area contributed by atoms with Crippen molar-refractivity contribution in [3.8, 4) is 0 Å². The van der Waals surface area contributed by atoms with Crippen molar-refractivity contribution in [1.82, 2.24) is 5.01 Å². The van der Waals surface area contributed by atoms with Crippen LogP contribution in [0.15, 0.2) is 15.8 Å². The molecule has 0 radical (unpaired) electrons. The van der Waals surface area contributed by atoms with Gasteiger partial charge >= 0.3 is 5.70 Å². The molecule has 8 nitrogen and oxygen atoms in total.